The van der Waals surface area contributed by atoms with E-state index in [0.717, 1.165) is 34.2 Å². The normalized spacial score (nSPS) is 23.9. The lowest BCUT2D eigenvalue weighted by atomic mass is 9.81. The van der Waals surface area contributed by atoms with Crippen LogP contribution >= 0.6 is 15.9 Å². The average Bonchev–Trinajstić information content (AvgIpc) is 2.34. The highest BCUT2D eigenvalue weighted by Crippen LogP contribution is 2.30. The molecule has 1 aliphatic rings. The molecule has 0 aliphatic heterocycles. The van der Waals surface area contributed by atoms with Crippen molar-refractivity contribution in [1.29, 1.82) is 0 Å². The van der Waals surface area contributed by atoms with Gasteiger partial charge in [-0.15, -0.1) is 0 Å². The van der Waals surface area contributed by atoms with E-state index < -0.39 is 0 Å². The molecule has 100 valence electrons. The van der Waals surface area contributed by atoms with E-state index >= 15 is 0 Å². The number of hydrogen-bond acceptors (Lipinski definition) is 2. The first-order valence-electron chi connectivity index (χ1n) is 6.94. The Bertz CT molecular complexity index is 384. The number of nitrogens with two attached hydrogens (primary N) is 1. The molecule has 1 aromatic carbocycles. The molecule has 3 N–H and O–H groups in total. The molecule has 2 nitrogen and oxygen atoms in total. The fraction of sp³-hybridized carbons (Fsp3) is 0.600. The third kappa shape index (κ3) is 3.91. The predicted octanol–water partition coefficient (Wildman–Crippen LogP) is 4.66. The molecule has 1 aromatic rings. The maximum absolute atomic E-state index is 5.97. The Morgan fingerprint density at radius 1 is 1.28 bits per heavy atom. The summed E-state index contributed by atoms with van der Waals surface area (Å²) in [7, 11) is 0. The molecule has 0 aromatic heterocycles. The first-order valence-corrected chi connectivity index (χ1v) is 7.73. The molecule has 18 heavy (non-hydrogen) atoms. The third-order valence-electron chi connectivity index (χ3n) is 4.02. The first kappa shape index (κ1) is 13.7. The van der Waals surface area contributed by atoms with Crippen molar-refractivity contribution in [2.75, 3.05) is 17.6 Å². The molecular formula is C15H23BrN2. The molecule has 0 amide bonds. The highest BCUT2D eigenvalue weighted by molar-refractivity contribution is 9.10. The summed E-state index contributed by atoms with van der Waals surface area (Å²) in [5.74, 6) is 1.85. The second kappa shape index (κ2) is 6.46. The maximum atomic E-state index is 5.97. The average molecular weight is 311 g/mol. The molecule has 0 spiro atoms. The van der Waals surface area contributed by atoms with Gasteiger partial charge in [-0.2, -0.15) is 0 Å². The Kier molecular flexibility index (Phi) is 4.93. The zero-order valence-corrected chi connectivity index (χ0v) is 12.7. The second-order valence-electron chi connectivity index (χ2n) is 5.57. The van der Waals surface area contributed by atoms with Crippen molar-refractivity contribution in [3.63, 3.8) is 0 Å². The van der Waals surface area contributed by atoms with Crippen LogP contribution in [0.5, 0.6) is 0 Å². The minimum Gasteiger partial charge on any atom is -0.397 e. The van der Waals surface area contributed by atoms with E-state index in [1.54, 1.807) is 0 Å². The molecule has 3 heteroatoms. The topological polar surface area (TPSA) is 38.0 Å². The molecule has 0 bridgehead atoms. The fourth-order valence-electron chi connectivity index (χ4n) is 2.72. The summed E-state index contributed by atoms with van der Waals surface area (Å²) in [5.41, 5.74) is 7.85. The van der Waals surface area contributed by atoms with E-state index in [2.05, 4.69) is 28.2 Å². The van der Waals surface area contributed by atoms with E-state index in [-0.39, 0.29) is 0 Å². The molecule has 0 radical (unpaired) electrons. The molecule has 2 rings (SSSR count). The van der Waals surface area contributed by atoms with Crippen molar-refractivity contribution in [1.82, 2.24) is 0 Å². The number of nitrogens with one attached hydrogen (secondary N) is 1. The van der Waals surface area contributed by atoms with E-state index in [1.807, 2.05) is 18.2 Å². The largest absolute Gasteiger partial charge is 0.397 e. The minimum atomic E-state index is 0.821. The highest BCUT2D eigenvalue weighted by Gasteiger charge is 2.17. The van der Waals surface area contributed by atoms with Gasteiger partial charge in [0, 0.05) is 11.0 Å². The summed E-state index contributed by atoms with van der Waals surface area (Å²) in [5, 5.41) is 3.45. The monoisotopic (exact) mass is 310 g/mol. The number of anilines is 2. The van der Waals surface area contributed by atoms with E-state index in [9.17, 15) is 0 Å². The summed E-state index contributed by atoms with van der Waals surface area (Å²) in [4.78, 5) is 0. The van der Waals surface area contributed by atoms with Crippen molar-refractivity contribution in [2.24, 2.45) is 11.8 Å². The van der Waals surface area contributed by atoms with Gasteiger partial charge >= 0.3 is 0 Å². The van der Waals surface area contributed by atoms with Crippen LogP contribution in [-0.2, 0) is 0 Å². The molecule has 1 saturated carbocycles. The lowest BCUT2D eigenvalue weighted by molar-refractivity contribution is 0.282. The zero-order chi connectivity index (χ0) is 13.0. The minimum absolute atomic E-state index is 0.821. The van der Waals surface area contributed by atoms with Crippen molar-refractivity contribution >= 4 is 27.3 Å². The summed E-state index contributed by atoms with van der Waals surface area (Å²) < 4.78 is 1.03. The first-order chi connectivity index (χ1) is 8.65. The highest BCUT2D eigenvalue weighted by atomic mass is 79.9. The number of hydrogen-bond donors (Lipinski definition) is 2. The quantitative estimate of drug-likeness (QED) is 0.794. The van der Waals surface area contributed by atoms with Gasteiger partial charge in [-0.3, -0.25) is 0 Å². The Balaban J connectivity index is 1.75. The number of rotatable bonds is 4. The molecule has 0 saturated heterocycles. The SMILES string of the molecule is CC1CCC(CCNc2ccc(Br)cc2N)CC1. The van der Waals surface area contributed by atoms with E-state index in [1.165, 1.54) is 32.1 Å². The Labute approximate surface area is 118 Å². The van der Waals surface area contributed by atoms with Crippen LogP contribution in [0.25, 0.3) is 0 Å². The number of nitrogen functional groups attached to an aromatic ring is 1. The molecule has 0 atom stereocenters. The van der Waals surface area contributed by atoms with Crippen LogP contribution in [0.15, 0.2) is 22.7 Å². The predicted molar refractivity (Wildman–Crippen MR) is 82.8 cm³/mol. The smallest absolute Gasteiger partial charge is 0.0574 e. The summed E-state index contributed by atoms with van der Waals surface area (Å²) in [6, 6.07) is 6.02. The standard InChI is InChI=1S/C15H23BrN2/c1-11-2-4-12(5-3-11)8-9-18-15-7-6-13(16)10-14(15)17/h6-7,10-12,18H,2-5,8-9,17H2,1H3. The molecule has 1 aliphatic carbocycles. The molecule has 0 unspecified atom stereocenters. The Morgan fingerprint density at radius 3 is 2.67 bits per heavy atom. The maximum Gasteiger partial charge on any atom is 0.0574 e. The van der Waals surface area contributed by atoms with Crippen LogP contribution in [0, 0.1) is 11.8 Å². The number of halogens is 1. The van der Waals surface area contributed by atoms with Gasteiger partial charge in [0.2, 0.25) is 0 Å². The van der Waals surface area contributed by atoms with Gasteiger partial charge in [-0.05, 0) is 36.5 Å². The zero-order valence-electron chi connectivity index (χ0n) is 11.1. The van der Waals surface area contributed by atoms with Crippen molar-refractivity contribution in [3.8, 4) is 0 Å². The van der Waals surface area contributed by atoms with Gasteiger partial charge in [0.25, 0.3) is 0 Å². The van der Waals surface area contributed by atoms with E-state index in [0.29, 0.717) is 0 Å². The van der Waals surface area contributed by atoms with Crippen molar-refractivity contribution < 1.29 is 0 Å². The third-order valence-corrected chi connectivity index (χ3v) is 4.51. The van der Waals surface area contributed by atoms with Crippen LogP contribution in [0.2, 0.25) is 0 Å². The second-order valence-corrected chi connectivity index (χ2v) is 6.49. The van der Waals surface area contributed by atoms with Crippen molar-refractivity contribution in [2.45, 2.75) is 39.0 Å². The van der Waals surface area contributed by atoms with Crippen LogP contribution in [0.3, 0.4) is 0 Å². The number of benzene rings is 1. The summed E-state index contributed by atoms with van der Waals surface area (Å²) in [6.45, 7) is 3.40. The van der Waals surface area contributed by atoms with Gasteiger partial charge < -0.3 is 11.1 Å². The van der Waals surface area contributed by atoms with Gasteiger partial charge in [0.05, 0.1) is 11.4 Å². The summed E-state index contributed by atoms with van der Waals surface area (Å²) >= 11 is 3.42. The van der Waals surface area contributed by atoms with Gasteiger partial charge in [0.15, 0.2) is 0 Å². The van der Waals surface area contributed by atoms with Crippen LogP contribution in [0.4, 0.5) is 11.4 Å². The van der Waals surface area contributed by atoms with Gasteiger partial charge in [0.1, 0.15) is 0 Å². The van der Waals surface area contributed by atoms with Crippen LogP contribution in [-0.4, -0.2) is 6.54 Å². The van der Waals surface area contributed by atoms with Crippen molar-refractivity contribution in [3.05, 3.63) is 22.7 Å². The van der Waals surface area contributed by atoms with Gasteiger partial charge in [-0.25, -0.2) is 0 Å². The lowest BCUT2D eigenvalue weighted by Gasteiger charge is -2.26. The fourth-order valence-corrected chi connectivity index (χ4v) is 3.10. The molecular weight excluding hydrogens is 288 g/mol. The van der Waals surface area contributed by atoms with Crippen LogP contribution in [0.1, 0.15) is 39.0 Å². The molecule has 0 heterocycles. The lowest BCUT2D eigenvalue weighted by Crippen LogP contribution is -2.16. The van der Waals surface area contributed by atoms with Gasteiger partial charge in [-0.1, -0.05) is 48.5 Å². The van der Waals surface area contributed by atoms with E-state index in [4.69, 9.17) is 5.73 Å². The van der Waals surface area contributed by atoms with Crippen LogP contribution < -0.4 is 11.1 Å². The summed E-state index contributed by atoms with van der Waals surface area (Å²) in [6.07, 6.45) is 6.88. The Hall–Kier alpha value is -0.700. The molecule has 1 fully saturated rings. The Morgan fingerprint density at radius 2 is 2.00 bits per heavy atom.